The van der Waals surface area contributed by atoms with Crippen LogP contribution in [0.1, 0.15) is 5.56 Å². The van der Waals surface area contributed by atoms with Crippen LogP contribution < -0.4 is 21.3 Å². The van der Waals surface area contributed by atoms with Crippen LogP contribution in [-0.2, 0) is 0 Å². The van der Waals surface area contributed by atoms with Gasteiger partial charge in [0.15, 0.2) is 0 Å². The van der Waals surface area contributed by atoms with Crippen molar-refractivity contribution in [3.63, 3.8) is 0 Å². The van der Waals surface area contributed by atoms with E-state index in [9.17, 15) is 0 Å². The Hall–Kier alpha value is -2.76. The van der Waals surface area contributed by atoms with Gasteiger partial charge in [0.25, 0.3) is 0 Å². The molecule has 0 unspecified atom stereocenters. The summed E-state index contributed by atoms with van der Waals surface area (Å²) in [6.07, 6.45) is 0. The molecule has 0 fully saturated rings. The van der Waals surface area contributed by atoms with Crippen LogP contribution in [0.4, 0.5) is 0 Å². The third-order valence-electron chi connectivity index (χ3n) is 5.56. The molecule has 0 aliphatic rings. The van der Waals surface area contributed by atoms with Crippen molar-refractivity contribution >= 4 is 43.1 Å². The molecule has 0 atom stereocenters. The van der Waals surface area contributed by atoms with Crippen molar-refractivity contribution in [1.82, 2.24) is 4.98 Å². The van der Waals surface area contributed by atoms with Crippen molar-refractivity contribution in [3.8, 4) is 10.1 Å². The van der Waals surface area contributed by atoms with Crippen LogP contribution in [0.15, 0.2) is 120 Å². The van der Waals surface area contributed by atoms with Gasteiger partial charge in [0.05, 0.1) is 0 Å². The van der Waals surface area contributed by atoms with Gasteiger partial charge in [-0.3, -0.25) is 0 Å². The number of benzene rings is 4. The molecule has 5 aromatic rings. The van der Waals surface area contributed by atoms with Gasteiger partial charge >= 0.3 is 191 Å². The fraction of sp³-hybridized carbons (Fsp3) is 0.0357. The molecule has 4 aromatic carbocycles. The predicted molar refractivity (Wildman–Crippen MR) is 136 cm³/mol. The van der Waals surface area contributed by atoms with Crippen LogP contribution >= 0.6 is 7.26 Å². The number of nitrogens with zero attached hydrogens (tertiary/aromatic N) is 1. The maximum atomic E-state index is 5.34. The third kappa shape index (κ3) is 3.73. The van der Waals surface area contributed by atoms with Crippen molar-refractivity contribution in [2.45, 2.75) is 6.92 Å². The van der Waals surface area contributed by atoms with Crippen LogP contribution in [0, 0.1) is 6.92 Å². The zero-order chi connectivity index (χ0) is 21.1. The van der Waals surface area contributed by atoms with E-state index in [0.29, 0.717) is 0 Å². The summed E-state index contributed by atoms with van der Waals surface area (Å²) in [7, 11) is -2.08. The second-order valence-corrected chi connectivity index (χ2v) is 12.7. The quantitative estimate of drug-likeness (QED) is 0.260. The normalized spacial score (nSPS) is 11.4. The molecule has 0 N–H and O–H groups in total. The van der Waals surface area contributed by atoms with Crippen LogP contribution in [0.2, 0.25) is 0 Å². The van der Waals surface area contributed by atoms with E-state index in [0.717, 1.165) is 0 Å². The zero-order valence-corrected chi connectivity index (χ0v) is 20.0. The monoisotopic (exact) mass is 484 g/mol. The molecule has 0 radical (unpaired) electrons. The molecule has 1 aromatic heterocycles. The van der Waals surface area contributed by atoms with E-state index >= 15 is 0 Å². The topological polar surface area (TPSA) is 12.9 Å². The van der Waals surface area contributed by atoms with Crippen molar-refractivity contribution in [3.05, 3.63) is 126 Å². The van der Waals surface area contributed by atoms with Crippen LogP contribution in [0.25, 0.3) is 10.1 Å². The second kappa shape index (κ2) is 8.77. The summed E-state index contributed by atoms with van der Waals surface area (Å²) in [6.45, 7) is 2.13. The molecule has 0 amide bonds. The molecule has 31 heavy (non-hydrogen) atoms. The average molecular weight is 483 g/mol. The number of aryl methyl sites for hydroxylation is 1. The van der Waals surface area contributed by atoms with E-state index in [2.05, 4.69) is 127 Å². The fourth-order valence-electron chi connectivity index (χ4n) is 4.05. The maximum absolute atomic E-state index is 5.34. The summed E-state index contributed by atoms with van der Waals surface area (Å²) in [5.74, 6) is 0. The van der Waals surface area contributed by atoms with Gasteiger partial charge in [0.1, 0.15) is 0 Å². The molecular weight excluding hydrogens is 460 g/mol. The Morgan fingerprint density at radius 3 is 1.48 bits per heavy atom. The van der Waals surface area contributed by atoms with Gasteiger partial charge in [0, 0.05) is 0 Å². The van der Waals surface area contributed by atoms with E-state index < -0.39 is 7.26 Å². The van der Waals surface area contributed by atoms with Gasteiger partial charge < -0.3 is 0 Å². The van der Waals surface area contributed by atoms with Crippen molar-refractivity contribution in [2.75, 3.05) is 0 Å². The Balaban J connectivity index is 1.80. The Morgan fingerprint density at radius 1 is 0.581 bits per heavy atom. The molecular formula is C28H23NPSe+. The summed E-state index contributed by atoms with van der Waals surface area (Å²) in [4.78, 5) is 7.76. The first-order valence-corrected chi connectivity index (χ1v) is 14.0. The number of hydrogen-bond donors (Lipinski definition) is 0. The minimum absolute atomic E-state index is 0.216. The molecule has 0 saturated heterocycles. The van der Waals surface area contributed by atoms with Gasteiger partial charge in [0.2, 0.25) is 0 Å². The molecule has 150 valence electrons. The molecule has 0 bridgehead atoms. The van der Waals surface area contributed by atoms with Crippen LogP contribution in [0.3, 0.4) is 0 Å². The van der Waals surface area contributed by atoms with Crippen molar-refractivity contribution < 1.29 is 0 Å². The van der Waals surface area contributed by atoms with E-state index in [-0.39, 0.29) is 14.5 Å². The number of aromatic nitrogens is 1. The van der Waals surface area contributed by atoms with Gasteiger partial charge in [-0.05, 0) is 0 Å². The fourth-order valence-corrected chi connectivity index (χ4v) is 10.9. The van der Waals surface area contributed by atoms with E-state index in [1.165, 1.54) is 37.0 Å². The average Bonchev–Trinajstić information content (AvgIpc) is 3.33. The summed E-state index contributed by atoms with van der Waals surface area (Å²) < 4.78 is 1.22. The first kappa shape index (κ1) is 20.2. The SMILES string of the molecule is Cc1ccc(-c2nc([P+](c3ccccc3)(c3ccccc3)c3ccccc3)c[se]2)cc1. The minimum atomic E-state index is -2.08. The Kier molecular flexibility index (Phi) is 5.70. The molecule has 1 heterocycles. The summed E-state index contributed by atoms with van der Waals surface area (Å²) >= 11 is 0.216. The molecule has 0 saturated carbocycles. The third-order valence-corrected chi connectivity index (χ3v) is 12.0. The number of hydrogen-bond acceptors (Lipinski definition) is 1. The van der Waals surface area contributed by atoms with Gasteiger partial charge in [-0.2, -0.15) is 0 Å². The standard InChI is InChI=1S/C28H23NPSe/c1-22-17-19-23(20-18-22)28-29-27(21-31-28)30(24-11-5-2-6-12-24,25-13-7-3-8-14-25)26-15-9-4-10-16-26/h2-21H,1H3/q+1. The molecule has 0 aliphatic heterocycles. The van der Waals surface area contributed by atoms with Crippen molar-refractivity contribution in [2.24, 2.45) is 0 Å². The predicted octanol–water partition coefficient (Wildman–Crippen LogP) is 4.73. The van der Waals surface area contributed by atoms with E-state index in [1.54, 1.807) is 0 Å². The Labute approximate surface area is 190 Å². The first-order valence-electron chi connectivity index (χ1n) is 10.4. The molecule has 0 spiro atoms. The summed E-state index contributed by atoms with van der Waals surface area (Å²) in [5, 5.41) is 4.05. The van der Waals surface area contributed by atoms with E-state index in [1.807, 2.05) is 0 Å². The first-order chi connectivity index (χ1) is 15.3. The summed E-state index contributed by atoms with van der Waals surface area (Å²) in [6, 6.07) is 41.7. The molecule has 1 nitrogen and oxygen atoms in total. The second-order valence-electron chi connectivity index (χ2n) is 7.55. The van der Waals surface area contributed by atoms with Crippen LogP contribution in [-0.4, -0.2) is 19.5 Å². The molecule has 3 heteroatoms. The van der Waals surface area contributed by atoms with Gasteiger partial charge in [-0.25, -0.2) is 0 Å². The number of rotatable bonds is 5. The Bertz CT molecular complexity index is 1170. The van der Waals surface area contributed by atoms with E-state index in [4.69, 9.17) is 4.98 Å². The van der Waals surface area contributed by atoms with Gasteiger partial charge in [-0.1, -0.05) is 0 Å². The summed E-state index contributed by atoms with van der Waals surface area (Å²) in [5.41, 5.74) is 3.75. The zero-order valence-electron chi connectivity index (χ0n) is 17.3. The van der Waals surface area contributed by atoms with Gasteiger partial charge in [-0.15, -0.1) is 0 Å². The molecule has 5 rings (SSSR count). The van der Waals surface area contributed by atoms with Crippen molar-refractivity contribution in [1.29, 1.82) is 0 Å². The Morgan fingerprint density at radius 2 is 1.03 bits per heavy atom. The molecule has 0 aliphatic carbocycles. The van der Waals surface area contributed by atoms with Crippen LogP contribution in [0.5, 0.6) is 0 Å².